The fraction of sp³-hybridized carbons (Fsp3) is 0.625. The molecular weight excluding hydrogens is 274 g/mol. The average Bonchev–Trinajstić information content (AvgIpc) is 2.53. The molecule has 2 saturated heterocycles. The molecule has 0 amide bonds. The fourth-order valence-electron chi connectivity index (χ4n) is 3.50. The van der Waals surface area contributed by atoms with Crippen molar-refractivity contribution in [3.8, 4) is 0 Å². The van der Waals surface area contributed by atoms with Crippen LogP contribution in [0.4, 0.5) is 8.78 Å². The smallest absolute Gasteiger partial charge is 0.130 e. The quantitative estimate of drug-likeness (QED) is 0.926. The third-order valence-electron chi connectivity index (χ3n) is 4.55. The van der Waals surface area contributed by atoms with Gasteiger partial charge in [0.05, 0.1) is 0 Å². The molecule has 0 unspecified atom stereocenters. The monoisotopic (exact) mass is 296 g/mol. The second kappa shape index (κ2) is 6.81. The van der Waals surface area contributed by atoms with Crippen LogP contribution in [0.1, 0.15) is 24.4 Å². The standard InChI is InChI=1S/C16H22F2N2O/c17-13-2-1-3-14(18)15(13)16(12-4-10-21-11-5-12)20-8-6-19-7-9-20/h1-3,12,16,19H,4-11H2/t16-/m0/s1. The van der Waals surface area contributed by atoms with Crippen LogP contribution in [0.25, 0.3) is 0 Å². The van der Waals surface area contributed by atoms with Crippen molar-refractivity contribution in [3.63, 3.8) is 0 Å². The van der Waals surface area contributed by atoms with Gasteiger partial charge in [-0.3, -0.25) is 4.90 Å². The minimum absolute atomic E-state index is 0.183. The van der Waals surface area contributed by atoms with Crippen LogP contribution in [0.5, 0.6) is 0 Å². The van der Waals surface area contributed by atoms with Gasteiger partial charge < -0.3 is 10.1 Å². The Kier molecular flexibility index (Phi) is 4.83. The Hall–Kier alpha value is -1.04. The summed E-state index contributed by atoms with van der Waals surface area (Å²) < 4.78 is 34.0. The van der Waals surface area contributed by atoms with Crippen LogP contribution < -0.4 is 5.32 Å². The lowest BCUT2D eigenvalue weighted by atomic mass is 9.85. The van der Waals surface area contributed by atoms with Crippen LogP contribution >= 0.6 is 0 Å². The molecule has 0 spiro atoms. The minimum atomic E-state index is -0.426. The lowest BCUT2D eigenvalue weighted by Crippen LogP contribution is -2.48. The normalized spacial score (nSPS) is 23.1. The Balaban J connectivity index is 1.94. The fourth-order valence-corrected chi connectivity index (χ4v) is 3.50. The van der Waals surface area contributed by atoms with Gasteiger partial charge in [-0.15, -0.1) is 0 Å². The predicted octanol–water partition coefficient (Wildman–Crippen LogP) is 2.34. The van der Waals surface area contributed by atoms with Crippen LogP contribution in [0.2, 0.25) is 0 Å². The van der Waals surface area contributed by atoms with Gasteiger partial charge in [0, 0.05) is 51.0 Å². The highest BCUT2D eigenvalue weighted by molar-refractivity contribution is 5.24. The summed E-state index contributed by atoms with van der Waals surface area (Å²) in [5.74, 6) is -0.599. The molecule has 1 aromatic rings. The maximum atomic E-state index is 14.3. The Morgan fingerprint density at radius 2 is 1.71 bits per heavy atom. The van der Waals surface area contributed by atoms with Crippen LogP contribution in [0, 0.1) is 17.6 Å². The minimum Gasteiger partial charge on any atom is -0.381 e. The first kappa shape index (κ1) is 14.9. The Labute approximate surface area is 124 Å². The van der Waals surface area contributed by atoms with Gasteiger partial charge in [-0.05, 0) is 30.9 Å². The number of nitrogens with zero attached hydrogens (tertiary/aromatic N) is 1. The van der Waals surface area contributed by atoms with Crippen LogP contribution in [0.3, 0.4) is 0 Å². The molecule has 0 radical (unpaired) electrons. The molecule has 1 N–H and O–H groups in total. The van der Waals surface area contributed by atoms with E-state index in [1.54, 1.807) is 0 Å². The molecule has 3 rings (SSSR count). The number of hydrogen-bond donors (Lipinski definition) is 1. The molecule has 116 valence electrons. The van der Waals surface area contributed by atoms with Gasteiger partial charge in [0.15, 0.2) is 0 Å². The third kappa shape index (κ3) is 3.25. The second-order valence-corrected chi connectivity index (χ2v) is 5.82. The van der Waals surface area contributed by atoms with E-state index in [4.69, 9.17) is 4.74 Å². The van der Waals surface area contributed by atoms with Gasteiger partial charge in [0.2, 0.25) is 0 Å². The van der Waals surface area contributed by atoms with E-state index in [0.717, 1.165) is 39.0 Å². The highest BCUT2D eigenvalue weighted by Gasteiger charge is 2.34. The van der Waals surface area contributed by atoms with Gasteiger partial charge in [-0.1, -0.05) is 6.07 Å². The van der Waals surface area contributed by atoms with Gasteiger partial charge >= 0.3 is 0 Å². The molecule has 2 aliphatic heterocycles. The van der Waals surface area contributed by atoms with Gasteiger partial charge in [-0.2, -0.15) is 0 Å². The number of piperazine rings is 1. The first-order valence-corrected chi connectivity index (χ1v) is 7.74. The zero-order valence-corrected chi connectivity index (χ0v) is 12.2. The topological polar surface area (TPSA) is 24.5 Å². The molecule has 5 heteroatoms. The molecule has 1 aromatic carbocycles. The molecule has 2 heterocycles. The summed E-state index contributed by atoms with van der Waals surface area (Å²) in [4.78, 5) is 2.23. The van der Waals surface area contributed by atoms with E-state index in [9.17, 15) is 8.78 Å². The van der Waals surface area contributed by atoms with Crippen molar-refractivity contribution < 1.29 is 13.5 Å². The summed E-state index contributed by atoms with van der Waals surface area (Å²) in [5.41, 5.74) is 0.242. The van der Waals surface area contributed by atoms with Gasteiger partial charge in [0.25, 0.3) is 0 Å². The third-order valence-corrected chi connectivity index (χ3v) is 4.55. The summed E-state index contributed by atoms with van der Waals surface area (Å²) in [5, 5.41) is 3.30. The maximum Gasteiger partial charge on any atom is 0.130 e. The summed E-state index contributed by atoms with van der Waals surface area (Å²) >= 11 is 0. The Morgan fingerprint density at radius 3 is 2.33 bits per heavy atom. The van der Waals surface area contributed by atoms with Crippen molar-refractivity contribution in [1.82, 2.24) is 10.2 Å². The average molecular weight is 296 g/mol. The van der Waals surface area contributed by atoms with E-state index in [2.05, 4.69) is 10.2 Å². The highest BCUT2D eigenvalue weighted by atomic mass is 19.1. The second-order valence-electron chi connectivity index (χ2n) is 5.82. The summed E-state index contributed by atoms with van der Waals surface area (Å²) in [6.45, 7) is 4.77. The predicted molar refractivity (Wildman–Crippen MR) is 77.1 cm³/mol. The van der Waals surface area contributed by atoms with Crippen molar-refractivity contribution in [1.29, 1.82) is 0 Å². The van der Waals surface area contributed by atoms with Gasteiger partial charge in [0.1, 0.15) is 11.6 Å². The molecule has 0 aromatic heterocycles. The largest absolute Gasteiger partial charge is 0.381 e. The summed E-state index contributed by atoms with van der Waals surface area (Å²) in [6.07, 6.45) is 1.73. The number of nitrogens with one attached hydrogen (secondary N) is 1. The van der Waals surface area contributed by atoms with E-state index in [1.165, 1.54) is 18.2 Å². The van der Waals surface area contributed by atoms with Crippen LogP contribution in [0.15, 0.2) is 18.2 Å². The summed E-state index contributed by atoms with van der Waals surface area (Å²) in [6, 6.07) is 3.99. The number of halogens is 2. The van der Waals surface area contributed by atoms with Crippen molar-refractivity contribution >= 4 is 0 Å². The Morgan fingerprint density at radius 1 is 1.10 bits per heavy atom. The van der Waals surface area contributed by atoms with Crippen molar-refractivity contribution in [2.24, 2.45) is 5.92 Å². The molecule has 2 aliphatic rings. The highest BCUT2D eigenvalue weighted by Crippen LogP contribution is 2.37. The Bertz CT molecular complexity index is 433. The zero-order valence-electron chi connectivity index (χ0n) is 12.2. The van der Waals surface area contributed by atoms with E-state index in [-0.39, 0.29) is 17.5 Å². The van der Waals surface area contributed by atoms with Crippen molar-refractivity contribution in [3.05, 3.63) is 35.4 Å². The SMILES string of the molecule is Fc1cccc(F)c1[C@H](C1CCOCC1)N1CCNCC1. The first-order valence-electron chi connectivity index (χ1n) is 7.74. The van der Waals surface area contributed by atoms with Crippen LogP contribution in [-0.4, -0.2) is 44.3 Å². The molecular formula is C16H22F2N2O. The lowest BCUT2D eigenvalue weighted by molar-refractivity contribution is 0.0192. The number of rotatable bonds is 3. The maximum absolute atomic E-state index is 14.3. The number of benzene rings is 1. The summed E-state index contributed by atoms with van der Waals surface area (Å²) in [7, 11) is 0. The first-order chi connectivity index (χ1) is 10.3. The molecule has 0 saturated carbocycles. The molecule has 21 heavy (non-hydrogen) atoms. The van der Waals surface area contributed by atoms with E-state index in [0.29, 0.717) is 13.2 Å². The molecule has 1 atom stereocenters. The zero-order chi connectivity index (χ0) is 14.7. The van der Waals surface area contributed by atoms with Crippen molar-refractivity contribution in [2.75, 3.05) is 39.4 Å². The molecule has 0 bridgehead atoms. The van der Waals surface area contributed by atoms with E-state index < -0.39 is 11.6 Å². The molecule has 2 fully saturated rings. The van der Waals surface area contributed by atoms with E-state index >= 15 is 0 Å². The van der Waals surface area contributed by atoms with E-state index in [1.807, 2.05) is 0 Å². The van der Waals surface area contributed by atoms with Gasteiger partial charge in [-0.25, -0.2) is 8.78 Å². The van der Waals surface area contributed by atoms with Crippen LogP contribution in [-0.2, 0) is 4.74 Å². The molecule has 3 nitrogen and oxygen atoms in total. The number of hydrogen-bond acceptors (Lipinski definition) is 3. The van der Waals surface area contributed by atoms with Crippen molar-refractivity contribution in [2.45, 2.75) is 18.9 Å². The molecule has 0 aliphatic carbocycles. The lowest BCUT2D eigenvalue weighted by Gasteiger charge is -2.41. The number of ether oxygens (including phenoxy) is 1.